The lowest BCUT2D eigenvalue weighted by molar-refractivity contribution is -0.114. The summed E-state index contributed by atoms with van der Waals surface area (Å²) in [5, 5.41) is 1.43. The molecule has 1 aliphatic heterocycles. The van der Waals surface area contributed by atoms with Crippen LogP contribution in [0.15, 0.2) is 71.7 Å². The van der Waals surface area contributed by atoms with Gasteiger partial charge in [-0.15, -0.1) is 0 Å². The summed E-state index contributed by atoms with van der Waals surface area (Å²) >= 11 is 6.42. The minimum atomic E-state index is -0.827. The number of nitrogens with zero attached hydrogens (tertiary/aromatic N) is 4. The number of amides is 1. The smallest absolute Gasteiger partial charge is 0.376 e. The number of allylic oxidation sites excluding steroid dienone is 1. The molecule has 190 valence electrons. The highest BCUT2D eigenvalue weighted by Crippen LogP contribution is 2.37. The van der Waals surface area contributed by atoms with Gasteiger partial charge in [-0.25, -0.2) is 14.8 Å². The van der Waals surface area contributed by atoms with E-state index in [2.05, 4.69) is 11.1 Å². The molecule has 0 N–H and O–H groups in total. The average molecular weight is 527 g/mol. The first-order valence-corrected chi connectivity index (χ1v) is 12.7. The lowest BCUT2D eigenvalue weighted by Gasteiger charge is -2.24. The predicted molar refractivity (Wildman–Crippen MR) is 145 cm³/mol. The van der Waals surface area contributed by atoms with Crippen molar-refractivity contribution in [2.75, 3.05) is 11.6 Å². The van der Waals surface area contributed by atoms with Crippen LogP contribution in [0.5, 0.6) is 0 Å². The molecule has 2 aromatic heterocycles. The number of benzene rings is 2. The Kier molecular flexibility index (Phi) is 5.76. The van der Waals surface area contributed by atoms with Crippen LogP contribution in [-0.4, -0.2) is 32.7 Å². The van der Waals surface area contributed by atoms with Gasteiger partial charge in [0.05, 0.1) is 45.7 Å². The number of hydrogen-bond donors (Lipinski definition) is 0. The van der Waals surface area contributed by atoms with Gasteiger partial charge >= 0.3 is 5.97 Å². The maximum Gasteiger partial charge on any atom is 0.376 e. The predicted octanol–water partition coefficient (Wildman–Crippen LogP) is 4.69. The Bertz CT molecular complexity index is 1760. The highest BCUT2D eigenvalue weighted by Gasteiger charge is 2.35. The van der Waals surface area contributed by atoms with Gasteiger partial charge in [0.15, 0.2) is 0 Å². The fourth-order valence-corrected chi connectivity index (χ4v) is 5.43. The van der Waals surface area contributed by atoms with Gasteiger partial charge in [0.25, 0.3) is 11.5 Å². The second-order valence-corrected chi connectivity index (χ2v) is 9.50. The van der Waals surface area contributed by atoms with Gasteiger partial charge in [-0.2, -0.15) is 4.68 Å². The van der Waals surface area contributed by atoms with Crippen LogP contribution in [0.2, 0.25) is 5.02 Å². The van der Waals surface area contributed by atoms with Gasteiger partial charge < -0.3 is 9.30 Å². The summed E-state index contributed by atoms with van der Waals surface area (Å²) in [4.78, 5) is 45.8. The number of halogens is 1. The van der Waals surface area contributed by atoms with Crippen LogP contribution in [0.25, 0.3) is 22.2 Å². The Labute approximate surface area is 223 Å². The highest BCUT2D eigenvalue weighted by molar-refractivity contribution is 6.35. The zero-order valence-corrected chi connectivity index (χ0v) is 21.5. The summed E-state index contributed by atoms with van der Waals surface area (Å²) in [5.74, 6) is -1.60. The third-order valence-corrected chi connectivity index (χ3v) is 7.09. The molecule has 0 unspecified atom stereocenters. The molecule has 0 bridgehead atoms. The third-order valence-electron chi connectivity index (χ3n) is 6.77. The van der Waals surface area contributed by atoms with Crippen molar-refractivity contribution in [2.45, 2.75) is 26.7 Å². The topological polar surface area (TPSA) is 86.4 Å². The minimum absolute atomic E-state index is 0.0699. The molecule has 3 heterocycles. The second kappa shape index (κ2) is 9.15. The van der Waals surface area contributed by atoms with E-state index in [1.807, 2.05) is 47.9 Å². The van der Waals surface area contributed by atoms with Crippen molar-refractivity contribution >= 4 is 45.7 Å². The Morgan fingerprint density at radius 3 is 2.66 bits per heavy atom. The number of carbonyl (C=O) groups excluding carboxylic acids is 2. The van der Waals surface area contributed by atoms with Crippen LogP contribution in [0, 0.1) is 6.92 Å². The van der Waals surface area contributed by atoms with Crippen LogP contribution in [-0.2, 0) is 16.0 Å². The quantitative estimate of drug-likeness (QED) is 0.360. The molecule has 6 rings (SSSR count). The Morgan fingerprint density at radius 1 is 1.11 bits per heavy atom. The Balaban J connectivity index is 1.72. The molecule has 4 aromatic rings. The number of rotatable bonds is 4. The van der Waals surface area contributed by atoms with E-state index in [0.29, 0.717) is 17.7 Å². The minimum Gasteiger partial charge on any atom is -0.460 e. The summed E-state index contributed by atoms with van der Waals surface area (Å²) in [7, 11) is 0. The summed E-state index contributed by atoms with van der Waals surface area (Å²) in [6.45, 7) is 3.72. The van der Waals surface area contributed by atoms with E-state index >= 15 is 0 Å². The number of carbonyl (C=O) groups is 2. The molecular formula is C29H23ClN4O4. The number of ether oxygens (including phenoxy) is 1. The molecule has 1 aliphatic carbocycles. The number of esters is 1. The fourth-order valence-electron chi connectivity index (χ4n) is 5.18. The average Bonchev–Trinajstić information content (AvgIpc) is 3.18. The largest absolute Gasteiger partial charge is 0.460 e. The molecule has 0 spiro atoms. The Morgan fingerprint density at radius 2 is 1.89 bits per heavy atom. The van der Waals surface area contributed by atoms with Crippen molar-refractivity contribution in [3.8, 4) is 0 Å². The number of aryl methyl sites for hydroxylation is 2. The standard InChI is InChI=1S/C29H23ClN4O4/c1-3-38-29(37)26-31-22-14-8-13-21(30)24(22)28(36)34(26)32-16-23(18-9-5-4-6-10-18)33-17(2)15-19-11-7-12-20(25(19)33)27(32)35/h4-6,8-10,12-16H,3,7,11H2,1-2H3. The molecule has 0 saturated heterocycles. The lowest BCUT2D eigenvalue weighted by atomic mass is 9.96. The zero-order valence-electron chi connectivity index (χ0n) is 20.8. The van der Waals surface area contributed by atoms with Gasteiger partial charge in [0, 0.05) is 11.3 Å². The van der Waals surface area contributed by atoms with E-state index < -0.39 is 17.4 Å². The van der Waals surface area contributed by atoms with Crippen LogP contribution >= 0.6 is 11.6 Å². The maximum atomic E-state index is 14.2. The Hall–Kier alpha value is -4.43. The first-order valence-electron chi connectivity index (χ1n) is 12.3. The number of aromatic nitrogens is 3. The van der Waals surface area contributed by atoms with E-state index in [-0.39, 0.29) is 28.4 Å². The van der Waals surface area contributed by atoms with E-state index in [1.165, 1.54) is 5.01 Å². The van der Waals surface area contributed by atoms with Gasteiger partial charge in [-0.1, -0.05) is 54.1 Å². The SMILES string of the molecule is CCOC(=O)c1nc2cccc(Cl)c2c(=O)n1N1C=C(c2ccccc2)n2c(C)cc3c2C(=CCC3)C1=O. The van der Waals surface area contributed by atoms with Crippen LogP contribution in [0.4, 0.5) is 0 Å². The van der Waals surface area contributed by atoms with Gasteiger partial charge in [-0.05, 0) is 50.5 Å². The van der Waals surface area contributed by atoms with Crippen molar-refractivity contribution in [1.82, 2.24) is 14.2 Å². The molecule has 2 aliphatic rings. The number of fused-ring (bicyclic) bond motifs is 1. The van der Waals surface area contributed by atoms with Crippen LogP contribution in [0.1, 0.15) is 46.5 Å². The van der Waals surface area contributed by atoms with Gasteiger partial charge in [-0.3, -0.25) is 9.59 Å². The summed E-state index contributed by atoms with van der Waals surface area (Å²) < 4.78 is 8.26. The molecule has 0 saturated carbocycles. The normalized spacial score (nSPS) is 14.6. The van der Waals surface area contributed by atoms with Crippen LogP contribution in [0.3, 0.4) is 0 Å². The molecule has 38 heavy (non-hydrogen) atoms. The van der Waals surface area contributed by atoms with E-state index in [0.717, 1.165) is 33.6 Å². The molecule has 2 aromatic carbocycles. The maximum absolute atomic E-state index is 14.2. The van der Waals surface area contributed by atoms with Crippen molar-refractivity contribution < 1.29 is 14.3 Å². The molecule has 1 amide bonds. The zero-order chi connectivity index (χ0) is 26.6. The second-order valence-electron chi connectivity index (χ2n) is 9.09. The number of hydrogen-bond acceptors (Lipinski definition) is 5. The fraction of sp³-hybridized carbons (Fsp3) is 0.172. The molecule has 9 heteroatoms. The third kappa shape index (κ3) is 3.60. The summed E-state index contributed by atoms with van der Waals surface area (Å²) in [6, 6.07) is 16.5. The summed E-state index contributed by atoms with van der Waals surface area (Å²) in [5.41, 5.74) is 4.31. The van der Waals surface area contributed by atoms with Crippen LogP contribution < -0.4 is 10.6 Å². The van der Waals surface area contributed by atoms with Gasteiger partial charge in [0.1, 0.15) is 0 Å². The monoisotopic (exact) mass is 526 g/mol. The highest BCUT2D eigenvalue weighted by atomic mass is 35.5. The lowest BCUT2D eigenvalue weighted by Crippen LogP contribution is -2.46. The molecule has 8 nitrogen and oxygen atoms in total. The van der Waals surface area contributed by atoms with E-state index in [1.54, 1.807) is 31.3 Å². The molecular weight excluding hydrogens is 504 g/mol. The molecule has 0 fully saturated rings. The molecule has 0 atom stereocenters. The molecule has 0 radical (unpaired) electrons. The van der Waals surface area contributed by atoms with Gasteiger partial charge in [0.2, 0.25) is 5.82 Å². The first kappa shape index (κ1) is 23.9. The van der Waals surface area contributed by atoms with E-state index in [9.17, 15) is 14.4 Å². The van der Waals surface area contributed by atoms with E-state index in [4.69, 9.17) is 16.3 Å². The first-order chi connectivity index (χ1) is 18.4. The van der Waals surface area contributed by atoms with Crippen molar-refractivity contribution in [1.29, 1.82) is 0 Å². The summed E-state index contributed by atoms with van der Waals surface area (Å²) in [6.07, 6.45) is 4.93. The van der Waals surface area contributed by atoms with Crippen molar-refractivity contribution in [2.24, 2.45) is 0 Å². The van der Waals surface area contributed by atoms with Crippen molar-refractivity contribution in [3.63, 3.8) is 0 Å². The van der Waals surface area contributed by atoms with Crippen molar-refractivity contribution in [3.05, 3.63) is 111 Å².